The summed E-state index contributed by atoms with van der Waals surface area (Å²) in [7, 11) is 1.66. The van der Waals surface area contributed by atoms with Gasteiger partial charge in [-0.2, -0.15) is 0 Å². The van der Waals surface area contributed by atoms with Gasteiger partial charge >= 0.3 is 0 Å². The normalized spacial score (nSPS) is 19.8. The zero-order chi connectivity index (χ0) is 17.2. The Hall–Kier alpha value is -1.80. The molecule has 0 aromatic carbocycles. The van der Waals surface area contributed by atoms with Crippen LogP contribution in [0.3, 0.4) is 0 Å². The van der Waals surface area contributed by atoms with E-state index in [-0.39, 0.29) is 11.9 Å². The number of aromatic nitrogens is 4. The molecule has 1 atom stereocenters. The molecule has 8 heteroatoms. The number of nitrogens with one attached hydrogen (secondary N) is 1. The molecule has 0 saturated carbocycles. The van der Waals surface area contributed by atoms with Crippen LogP contribution in [0.2, 0.25) is 0 Å². The molecule has 2 aromatic rings. The lowest BCUT2D eigenvalue weighted by Gasteiger charge is -2.15. The molecule has 1 amide bonds. The number of carbonyl (C=O) groups is 1. The summed E-state index contributed by atoms with van der Waals surface area (Å²) in [6, 6.07) is 0.144. The third kappa shape index (κ3) is 3.46. The molecule has 1 aliphatic heterocycles. The molecule has 1 aliphatic carbocycles. The zero-order valence-corrected chi connectivity index (χ0v) is 15.3. The van der Waals surface area contributed by atoms with E-state index in [1.54, 1.807) is 18.4 Å². The summed E-state index contributed by atoms with van der Waals surface area (Å²) in [6.45, 7) is 1.27. The number of amides is 1. The highest BCUT2D eigenvalue weighted by Gasteiger charge is 2.24. The lowest BCUT2D eigenvalue weighted by Crippen LogP contribution is -2.35. The maximum Gasteiger partial charge on any atom is 0.280 e. The van der Waals surface area contributed by atoms with Crippen molar-refractivity contribution in [3.8, 4) is 0 Å². The van der Waals surface area contributed by atoms with Gasteiger partial charge in [0, 0.05) is 31.0 Å². The van der Waals surface area contributed by atoms with Gasteiger partial charge in [-0.1, -0.05) is 0 Å². The fraction of sp³-hybridized carbons (Fsp3) is 0.647. The lowest BCUT2D eigenvalue weighted by molar-refractivity contribution is 0.0932. The van der Waals surface area contributed by atoms with Crippen molar-refractivity contribution in [3.05, 3.63) is 27.2 Å². The van der Waals surface area contributed by atoms with Crippen molar-refractivity contribution in [1.82, 2.24) is 25.1 Å². The van der Waals surface area contributed by atoms with Crippen molar-refractivity contribution in [1.29, 1.82) is 0 Å². The third-order valence-electron chi connectivity index (χ3n) is 4.97. The van der Waals surface area contributed by atoms with E-state index in [0.717, 1.165) is 56.0 Å². The van der Waals surface area contributed by atoms with Crippen molar-refractivity contribution in [3.63, 3.8) is 0 Å². The Labute approximate surface area is 150 Å². The summed E-state index contributed by atoms with van der Waals surface area (Å²) in [5.41, 5.74) is 1.14. The lowest BCUT2D eigenvalue weighted by atomic mass is 10.0. The molecule has 7 nitrogen and oxygen atoms in total. The van der Waals surface area contributed by atoms with Gasteiger partial charge in [-0.05, 0) is 38.5 Å². The molecule has 0 fully saturated rings. The number of aryl methyl sites for hydroxylation is 3. The number of thiazole rings is 1. The largest absolute Gasteiger partial charge is 0.377 e. The Morgan fingerprint density at radius 3 is 3.00 bits per heavy atom. The van der Waals surface area contributed by atoms with Crippen molar-refractivity contribution in [2.24, 2.45) is 0 Å². The van der Waals surface area contributed by atoms with E-state index in [1.807, 2.05) is 0 Å². The number of methoxy groups -OCH3 is 1. The number of carbonyl (C=O) groups excluding carboxylic acids is 1. The van der Waals surface area contributed by atoms with Gasteiger partial charge in [0.15, 0.2) is 10.8 Å². The van der Waals surface area contributed by atoms with Crippen molar-refractivity contribution < 1.29 is 9.53 Å². The van der Waals surface area contributed by atoms with E-state index >= 15 is 0 Å². The van der Waals surface area contributed by atoms with Gasteiger partial charge in [-0.15, -0.1) is 21.5 Å². The van der Waals surface area contributed by atoms with E-state index in [1.165, 1.54) is 17.7 Å². The number of hydrogen-bond donors (Lipinski definition) is 1. The quantitative estimate of drug-likeness (QED) is 0.899. The van der Waals surface area contributed by atoms with Gasteiger partial charge in [0.1, 0.15) is 12.4 Å². The van der Waals surface area contributed by atoms with Crippen LogP contribution < -0.4 is 5.32 Å². The summed E-state index contributed by atoms with van der Waals surface area (Å²) in [5, 5.41) is 12.3. The summed E-state index contributed by atoms with van der Waals surface area (Å²) in [6.07, 6.45) is 7.04. The van der Waals surface area contributed by atoms with Crippen LogP contribution >= 0.6 is 11.3 Å². The van der Waals surface area contributed by atoms with Gasteiger partial charge in [0.2, 0.25) is 0 Å². The van der Waals surface area contributed by atoms with Crippen LogP contribution in [0.15, 0.2) is 0 Å². The molecule has 2 aromatic heterocycles. The first-order chi connectivity index (χ1) is 12.2. The SMILES string of the molecule is COCc1nnc2n1CCC(NC(=O)c1nc3c(s1)CCCC3)CC2. The van der Waals surface area contributed by atoms with Crippen molar-refractivity contribution >= 4 is 17.2 Å². The Morgan fingerprint density at radius 1 is 1.28 bits per heavy atom. The molecule has 0 saturated heterocycles. The maximum absolute atomic E-state index is 12.6. The highest BCUT2D eigenvalue weighted by atomic mass is 32.1. The van der Waals surface area contributed by atoms with E-state index in [4.69, 9.17) is 4.74 Å². The highest BCUT2D eigenvalue weighted by molar-refractivity contribution is 7.13. The molecule has 1 N–H and O–H groups in total. The van der Waals surface area contributed by atoms with Gasteiger partial charge in [-0.3, -0.25) is 4.79 Å². The first-order valence-electron chi connectivity index (χ1n) is 8.94. The minimum Gasteiger partial charge on any atom is -0.377 e. The topological polar surface area (TPSA) is 81.9 Å². The number of rotatable bonds is 4. The van der Waals surface area contributed by atoms with Crippen LogP contribution in [0.1, 0.15) is 57.7 Å². The van der Waals surface area contributed by atoms with Crippen LogP contribution in [0.25, 0.3) is 0 Å². The van der Waals surface area contributed by atoms with Gasteiger partial charge in [0.25, 0.3) is 5.91 Å². The predicted molar refractivity (Wildman–Crippen MR) is 93.7 cm³/mol. The summed E-state index contributed by atoms with van der Waals surface area (Å²) in [4.78, 5) is 18.5. The molecule has 25 heavy (non-hydrogen) atoms. The second kappa shape index (κ2) is 7.21. The molecule has 134 valence electrons. The summed E-state index contributed by atoms with van der Waals surface area (Å²) < 4.78 is 7.30. The molecular weight excluding hydrogens is 338 g/mol. The number of ether oxygens (including phenoxy) is 1. The standard InChI is InChI=1S/C17H23N5O2S/c1-24-10-15-21-20-14-7-6-11(8-9-22(14)15)18-16(23)17-19-12-4-2-3-5-13(12)25-17/h11H,2-10H2,1H3,(H,18,23). The van der Waals surface area contributed by atoms with Crippen LogP contribution in [0.4, 0.5) is 0 Å². The second-order valence-electron chi connectivity index (χ2n) is 6.71. The van der Waals surface area contributed by atoms with Crippen molar-refractivity contribution in [2.45, 2.75) is 64.1 Å². The molecule has 4 rings (SSSR count). The fourth-order valence-corrected chi connectivity index (χ4v) is 4.68. The van der Waals surface area contributed by atoms with E-state index in [9.17, 15) is 4.79 Å². The Morgan fingerprint density at radius 2 is 2.16 bits per heavy atom. The number of nitrogens with zero attached hydrogens (tertiary/aromatic N) is 4. The summed E-state index contributed by atoms with van der Waals surface area (Å²) in [5.74, 6) is 1.81. The van der Waals surface area contributed by atoms with Crippen LogP contribution in [0.5, 0.6) is 0 Å². The Kier molecular flexibility index (Phi) is 4.80. The minimum absolute atomic E-state index is 0.0285. The molecule has 3 heterocycles. The number of fused-ring (bicyclic) bond motifs is 2. The Bertz CT molecular complexity index is 746. The molecule has 0 bridgehead atoms. The maximum atomic E-state index is 12.6. The smallest absolute Gasteiger partial charge is 0.280 e. The average molecular weight is 361 g/mol. The molecule has 0 radical (unpaired) electrons. The minimum atomic E-state index is -0.0285. The van der Waals surface area contributed by atoms with E-state index in [2.05, 4.69) is 25.1 Å². The number of hydrogen-bond acceptors (Lipinski definition) is 6. The average Bonchev–Trinajstić information content (AvgIpc) is 3.16. The molecule has 1 unspecified atom stereocenters. The van der Waals surface area contributed by atoms with Crippen LogP contribution in [0, 0.1) is 0 Å². The predicted octanol–water partition coefficient (Wildman–Crippen LogP) is 1.89. The Balaban J connectivity index is 1.40. The first-order valence-corrected chi connectivity index (χ1v) is 9.75. The van der Waals surface area contributed by atoms with Gasteiger partial charge in [-0.25, -0.2) is 4.98 Å². The monoisotopic (exact) mass is 361 g/mol. The molecular formula is C17H23N5O2S. The van der Waals surface area contributed by atoms with Crippen LogP contribution in [-0.2, 0) is 37.2 Å². The fourth-order valence-electron chi connectivity index (χ4n) is 3.62. The van der Waals surface area contributed by atoms with Crippen LogP contribution in [-0.4, -0.2) is 38.8 Å². The zero-order valence-electron chi connectivity index (χ0n) is 14.5. The highest BCUT2D eigenvalue weighted by Crippen LogP contribution is 2.27. The van der Waals surface area contributed by atoms with E-state index in [0.29, 0.717) is 11.6 Å². The third-order valence-corrected chi connectivity index (χ3v) is 6.13. The molecule has 2 aliphatic rings. The summed E-state index contributed by atoms with van der Waals surface area (Å²) >= 11 is 1.57. The van der Waals surface area contributed by atoms with Gasteiger partial charge < -0.3 is 14.6 Å². The first kappa shape index (κ1) is 16.7. The second-order valence-corrected chi connectivity index (χ2v) is 7.79. The van der Waals surface area contributed by atoms with Gasteiger partial charge in [0.05, 0.1) is 5.69 Å². The van der Waals surface area contributed by atoms with E-state index < -0.39 is 0 Å². The van der Waals surface area contributed by atoms with Crippen molar-refractivity contribution in [2.75, 3.05) is 7.11 Å². The molecule has 0 spiro atoms.